The van der Waals surface area contributed by atoms with Crippen molar-refractivity contribution in [3.05, 3.63) is 76.3 Å². The molecule has 0 aliphatic rings. The Labute approximate surface area is 161 Å². The fourth-order valence-electron chi connectivity index (χ4n) is 3.01. The first-order valence-corrected chi connectivity index (χ1v) is 8.95. The molecular weight excluding hydrogens is 367 g/mol. The quantitative estimate of drug-likeness (QED) is 0.419. The minimum absolute atomic E-state index is 0.668. The Morgan fingerprint density at radius 3 is 2.38 bits per heavy atom. The summed E-state index contributed by atoms with van der Waals surface area (Å²) in [7, 11) is 1.66. The van der Waals surface area contributed by atoms with E-state index < -0.39 is 0 Å². The van der Waals surface area contributed by atoms with Gasteiger partial charge in [0.2, 0.25) is 0 Å². The molecule has 0 fully saturated rings. The van der Waals surface area contributed by atoms with Gasteiger partial charge in [0.25, 0.3) is 0 Å². The number of fused-ring (bicyclic) bond motifs is 2. The van der Waals surface area contributed by atoms with Gasteiger partial charge in [0.15, 0.2) is 0 Å². The summed E-state index contributed by atoms with van der Waals surface area (Å²) in [4.78, 5) is 4.74. The molecular formula is C21H16Cl2N2O. The van der Waals surface area contributed by atoms with E-state index in [4.69, 9.17) is 32.9 Å². The molecule has 26 heavy (non-hydrogen) atoms. The molecule has 130 valence electrons. The molecule has 0 bridgehead atoms. The Morgan fingerprint density at radius 1 is 0.846 bits per heavy atom. The molecule has 4 rings (SSSR count). The molecule has 4 aromatic rings. The zero-order valence-electron chi connectivity index (χ0n) is 14.1. The zero-order chi connectivity index (χ0) is 18.1. The van der Waals surface area contributed by atoms with Gasteiger partial charge in [-0.2, -0.15) is 0 Å². The summed E-state index contributed by atoms with van der Waals surface area (Å²) in [5.74, 6) is 0.794. The molecule has 0 aliphatic carbocycles. The van der Waals surface area contributed by atoms with Gasteiger partial charge in [-0.3, -0.25) is 0 Å². The van der Waals surface area contributed by atoms with Gasteiger partial charge in [0.05, 0.1) is 23.8 Å². The van der Waals surface area contributed by atoms with Crippen LogP contribution in [0, 0.1) is 0 Å². The molecule has 0 amide bonds. The van der Waals surface area contributed by atoms with Crippen LogP contribution in [-0.4, -0.2) is 12.1 Å². The first-order valence-electron chi connectivity index (χ1n) is 8.19. The average Bonchev–Trinajstić information content (AvgIpc) is 2.66. The van der Waals surface area contributed by atoms with E-state index >= 15 is 0 Å². The molecule has 1 N–H and O–H groups in total. The molecule has 5 heteroatoms. The lowest BCUT2D eigenvalue weighted by Gasteiger charge is -2.14. The number of hydrogen-bond acceptors (Lipinski definition) is 3. The first kappa shape index (κ1) is 17.0. The summed E-state index contributed by atoms with van der Waals surface area (Å²) in [6, 6.07) is 19.4. The molecule has 1 aromatic heterocycles. The predicted octanol–water partition coefficient (Wildman–Crippen LogP) is 6.32. The maximum absolute atomic E-state index is 6.16. The number of methoxy groups -OCH3 is 1. The van der Waals surface area contributed by atoms with E-state index in [0.29, 0.717) is 11.6 Å². The highest BCUT2D eigenvalue weighted by molar-refractivity contribution is 6.31. The number of hydrogen-bond donors (Lipinski definition) is 1. The summed E-state index contributed by atoms with van der Waals surface area (Å²) in [6.45, 7) is 0.672. The van der Waals surface area contributed by atoms with Gasteiger partial charge in [0, 0.05) is 27.4 Å². The Balaban J connectivity index is 1.85. The highest BCUT2D eigenvalue weighted by Crippen LogP contribution is 2.34. The van der Waals surface area contributed by atoms with E-state index in [-0.39, 0.29) is 0 Å². The van der Waals surface area contributed by atoms with Crippen molar-refractivity contribution in [1.82, 2.24) is 4.98 Å². The van der Waals surface area contributed by atoms with Gasteiger partial charge in [-0.25, -0.2) is 4.98 Å². The smallest absolute Gasteiger partial charge is 0.119 e. The highest BCUT2D eigenvalue weighted by Gasteiger charge is 2.11. The summed E-state index contributed by atoms with van der Waals surface area (Å²) in [5, 5.41) is 6.98. The van der Waals surface area contributed by atoms with Gasteiger partial charge in [0.1, 0.15) is 5.75 Å². The van der Waals surface area contributed by atoms with Gasteiger partial charge < -0.3 is 10.1 Å². The number of rotatable bonds is 4. The minimum atomic E-state index is 0.668. The van der Waals surface area contributed by atoms with E-state index in [9.17, 15) is 0 Å². The number of halogens is 2. The van der Waals surface area contributed by atoms with Gasteiger partial charge >= 0.3 is 0 Å². The van der Waals surface area contributed by atoms with Crippen LogP contribution in [0.4, 0.5) is 5.69 Å². The van der Waals surface area contributed by atoms with Crippen molar-refractivity contribution >= 4 is 50.7 Å². The van der Waals surface area contributed by atoms with Crippen molar-refractivity contribution in [2.45, 2.75) is 6.54 Å². The normalized spacial score (nSPS) is 11.0. The number of benzene rings is 3. The number of aromatic nitrogens is 1. The van der Waals surface area contributed by atoms with Gasteiger partial charge in [-0.1, -0.05) is 35.3 Å². The van der Waals surface area contributed by atoms with Crippen LogP contribution in [0.1, 0.15) is 5.56 Å². The van der Waals surface area contributed by atoms with Crippen molar-refractivity contribution in [1.29, 1.82) is 0 Å². The third-order valence-corrected chi connectivity index (χ3v) is 4.81. The second-order valence-corrected chi connectivity index (χ2v) is 6.88. The zero-order valence-corrected chi connectivity index (χ0v) is 15.6. The first-order chi connectivity index (χ1) is 12.6. The van der Waals surface area contributed by atoms with Crippen LogP contribution in [-0.2, 0) is 6.54 Å². The molecule has 0 saturated carbocycles. The Kier molecular flexibility index (Phi) is 4.58. The van der Waals surface area contributed by atoms with Crippen LogP contribution in [0.3, 0.4) is 0 Å². The summed E-state index contributed by atoms with van der Waals surface area (Å²) in [5.41, 5.74) is 3.90. The molecule has 1 heterocycles. The molecule has 0 radical (unpaired) electrons. The van der Waals surface area contributed by atoms with Crippen molar-refractivity contribution in [3.8, 4) is 5.75 Å². The number of pyridine rings is 1. The monoisotopic (exact) mass is 382 g/mol. The SMILES string of the molecule is COc1ccc2nc3cc(Cl)ccc3c(NCc3ccc(Cl)cc3)c2c1. The molecule has 3 nitrogen and oxygen atoms in total. The van der Waals surface area contributed by atoms with Crippen LogP contribution in [0.5, 0.6) is 5.75 Å². The van der Waals surface area contributed by atoms with Crippen LogP contribution < -0.4 is 10.1 Å². The Bertz CT molecular complexity index is 1090. The van der Waals surface area contributed by atoms with Crippen molar-refractivity contribution in [2.24, 2.45) is 0 Å². The molecule has 3 aromatic carbocycles. The van der Waals surface area contributed by atoms with Crippen molar-refractivity contribution in [3.63, 3.8) is 0 Å². The third-order valence-electron chi connectivity index (χ3n) is 4.33. The minimum Gasteiger partial charge on any atom is -0.497 e. The number of nitrogens with one attached hydrogen (secondary N) is 1. The summed E-state index contributed by atoms with van der Waals surface area (Å²) >= 11 is 12.1. The lowest BCUT2D eigenvalue weighted by atomic mass is 10.1. The second kappa shape index (κ2) is 7.02. The summed E-state index contributed by atoms with van der Waals surface area (Å²) in [6.07, 6.45) is 0. The largest absolute Gasteiger partial charge is 0.497 e. The van der Waals surface area contributed by atoms with Crippen LogP contribution in [0.15, 0.2) is 60.7 Å². The molecule has 0 atom stereocenters. The Morgan fingerprint density at radius 2 is 1.62 bits per heavy atom. The summed E-state index contributed by atoms with van der Waals surface area (Å²) < 4.78 is 5.39. The topological polar surface area (TPSA) is 34.1 Å². The number of ether oxygens (including phenoxy) is 1. The lowest BCUT2D eigenvalue weighted by molar-refractivity contribution is 0.415. The maximum atomic E-state index is 6.16. The maximum Gasteiger partial charge on any atom is 0.119 e. The fourth-order valence-corrected chi connectivity index (χ4v) is 3.30. The Hall–Kier alpha value is -2.49. The van der Waals surface area contributed by atoms with Crippen molar-refractivity contribution < 1.29 is 4.74 Å². The van der Waals surface area contributed by atoms with Crippen LogP contribution in [0.2, 0.25) is 10.0 Å². The fraction of sp³-hybridized carbons (Fsp3) is 0.0952. The molecule has 0 unspecified atom stereocenters. The van der Waals surface area contributed by atoms with Gasteiger partial charge in [-0.15, -0.1) is 0 Å². The van der Waals surface area contributed by atoms with E-state index in [0.717, 1.165) is 43.8 Å². The van der Waals surface area contributed by atoms with E-state index in [1.807, 2.05) is 60.7 Å². The standard InChI is InChI=1S/C21H16Cl2N2O/c1-26-16-7-9-19-18(11-16)21(17-8-6-15(23)10-20(17)25-19)24-12-13-2-4-14(22)5-3-13/h2-11H,12H2,1H3,(H,24,25). The third kappa shape index (κ3) is 3.28. The average molecular weight is 383 g/mol. The van der Waals surface area contributed by atoms with E-state index in [1.54, 1.807) is 7.11 Å². The highest BCUT2D eigenvalue weighted by atomic mass is 35.5. The van der Waals surface area contributed by atoms with Crippen molar-refractivity contribution in [2.75, 3.05) is 12.4 Å². The van der Waals surface area contributed by atoms with Gasteiger partial charge in [-0.05, 0) is 54.1 Å². The van der Waals surface area contributed by atoms with E-state index in [2.05, 4.69) is 5.32 Å². The van der Waals surface area contributed by atoms with Crippen LogP contribution >= 0.6 is 23.2 Å². The lowest BCUT2D eigenvalue weighted by Crippen LogP contribution is -2.02. The number of nitrogens with zero attached hydrogens (tertiary/aromatic N) is 1. The predicted molar refractivity (Wildman–Crippen MR) is 110 cm³/mol. The molecule has 0 spiro atoms. The molecule has 0 aliphatic heterocycles. The molecule has 0 saturated heterocycles. The van der Waals surface area contributed by atoms with Crippen LogP contribution in [0.25, 0.3) is 21.8 Å². The van der Waals surface area contributed by atoms with E-state index in [1.165, 1.54) is 0 Å². The number of anilines is 1. The second-order valence-electron chi connectivity index (χ2n) is 6.01.